The van der Waals surface area contributed by atoms with E-state index < -0.39 is 0 Å². The first kappa shape index (κ1) is 31.1. The van der Waals surface area contributed by atoms with E-state index in [1.54, 1.807) is 0 Å². The molecule has 0 saturated carbocycles. The minimum Gasteiger partial charge on any atom is -0.228 e. The highest BCUT2D eigenvalue weighted by Gasteiger charge is 2.38. The van der Waals surface area contributed by atoms with Crippen LogP contribution in [0.3, 0.4) is 0 Å². The number of hydrogen-bond donors (Lipinski definition) is 0. The molecule has 254 valence electrons. The van der Waals surface area contributed by atoms with Crippen LogP contribution in [0.4, 0.5) is 0 Å². The van der Waals surface area contributed by atoms with Gasteiger partial charge in [-0.05, 0) is 79.2 Å². The highest BCUT2D eigenvalue weighted by atomic mass is 32.1. The molecule has 0 N–H and O–H groups in total. The molecule has 1 aliphatic carbocycles. The summed E-state index contributed by atoms with van der Waals surface area (Å²) in [5, 5.41) is 7.41. The molecule has 0 atom stereocenters. The molecule has 0 unspecified atom stereocenters. The summed E-state index contributed by atoms with van der Waals surface area (Å²) in [4.78, 5) is 10.7. The van der Waals surface area contributed by atoms with Gasteiger partial charge < -0.3 is 0 Å². The van der Waals surface area contributed by atoms with Gasteiger partial charge in [-0.1, -0.05) is 159 Å². The van der Waals surface area contributed by atoms with Crippen LogP contribution >= 0.6 is 11.3 Å². The van der Waals surface area contributed by atoms with Crippen LogP contribution in [0, 0.1) is 0 Å². The molecule has 8 aromatic carbocycles. The normalized spacial score (nSPS) is 13.1. The third-order valence-electron chi connectivity index (χ3n) is 11.5. The van der Waals surface area contributed by atoms with Crippen LogP contribution in [0.15, 0.2) is 170 Å². The topological polar surface area (TPSA) is 25.8 Å². The molecule has 0 aliphatic heterocycles. The molecule has 2 nitrogen and oxygen atoms in total. The van der Waals surface area contributed by atoms with Crippen molar-refractivity contribution in [1.29, 1.82) is 0 Å². The number of fused-ring (bicyclic) bond motifs is 9. The summed E-state index contributed by atoms with van der Waals surface area (Å²) >= 11 is 1.83. The third-order valence-corrected chi connectivity index (χ3v) is 12.7. The minimum absolute atomic E-state index is 0.112. The van der Waals surface area contributed by atoms with E-state index in [-0.39, 0.29) is 5.41 Å². The van der Waals surface area contributed by atoms with Crippen molar-refractivity contribution in [3.63, 3.8) is 0 Å². The van der Waals surface area contributed by atoms with Crippen LogP contribution in [0.5, 0.6) is 0 Å². The van der Waals surface area contributed by atoms with Gasteiger partial charge in [0.15, 0.2) is 5.82 Å². The van der Waals surface area contributed by atoms with Crippen molar-refractivity contribution in [2.45, 2.75) is 19.3 Å². The highest BCUT2D eigenvalue weighted by Crippen LogP contribution is 2.55. The lowest BCUT2D eigenvalue weighted by atomic mass is 9.81. The molecule has 1 aliphatic rings. The molecule has 3 heteroatoms. The van der Waals surface area contributed by atoms with Gasteiger partial charge in [0.05, 0.1) is 11.4 Å². The van der Waals surface area contributed by atoms with Crippen LogP contribution in [0.25, 0.3) is 97.9 Å². The maximum absolute atomic E-state index is 5.42. The predicted octanol–water partition coefficient (Wildman–Crippen LogP) is 14.1. The first-order valence-corrected chi connectivity index (χ1v) is 19.4. The fraction of sp³-hybridized carbons (Fsp3) is 0.0588. The average Bonchev–Trinajstić information content (AvgIpc) is 3.73. The van der Waals surface area contributed by atoms with Gasteiger partial charge in [0.25, 0.3) is 0 Å². The fourth-order valence-electron chi connectivity index (χ4n) is 8.95. The molecule has 0 amide bonds. The van der Waals surface area contributed by atoms with Crippen molar-refractivity contribution in [3.8, 4) is 56.2 Å². The van der Waals surface area contributed by atoms with Crippen LogP contribution in [0.2, 0.25) is 0 Å². The van der Waals surface area contributed by atoms with Gasteiger partial charge in [-0.3, -0.25) is 0 Å². The Morgan fingerprint density at radius 1 is 0.426 bits per heavy atom. The van der Waals surface area contributed by atoms with E-state index in [2.05, 4.69) is 184 Å². The zero-order chi connectivity index (χ0) is 36.0. The molecule has 0 fully saturated rings. The highest BCUT2D eigenvalue weighted by molar-refractivity contribution is 7.25. The first-order chi connectivity index (χ1) is 26.5. The maximum atomic E-state index is 5.42. The summed E-state index contributed by atoms with van der Waals surface area (Å²) in [5.74, 6) is 0.724. The van der Waals surface area contributed by atoms with Gasteiger partial charge in [-0.15, -0.1) is 11.3 Å². The minimum atomic E-state index is -0.112. The molecular formula is C51H34N2S. The molecule has 11 rings (SSSR count). The number of rotatable bonds is 4. The molecule has 2 aromatic heterocycles. The van der Waals surface area contributed by atoms with Crippen LogP contribution in [-0.4, -0.2) is 9.97 Å². The van der Waals surface area contributed by atoms with E-state index in [0.717, 1.165) is 39.3 Å². The summed E-state index contributed by atoms with van der Waals surface area (Å²) in [5.41, 5.74) is 12.9. The number of benzene rings is 8. The number of thiophene rings is 1. The lowest BCUT2D eigenvalue weighted by molar-refractivity contribution is 0.661. The summed E-state index contributed by atoms with van der Waals surface area (Å²) in [6.07, 6.45) is 0. The first-order valence-electron chi connectivity index (χ1n) is 18.6. The Kier molecular flexibility index (Phi) is 6.80. The lowest BCUT2D eigenvalue weighted by Crippen LogP contribution is -2.14. The van der Waals surface area contributed by atoms with Gasteiger partial charge in [0.2, 0.25) is 0 Å². The van der Waals surface area contributed by atoms with E-state index in [1.165, 1.54) is 69.7 Å². The Balaban J connectivity index is 1.16. The number of aromatic nitrogens is 2. The van der Waals surface area contributed by atoms with Crippen molar-refractivity contribution >= 4 is 53.1 Å². The van der Waals surface area contributed by atoms with E-state index in [4.69, 9.17) is 9.97 Å². The zero-order valence-corrected chi connectivity index (χ0v) is 30.8. The summed E-state index contributed by atoms with van der Waals surface area (Å²) in [6.45, 7) is 4.73. The van der Waals surface area contributed by atoms with Gasteiger partial charge >= 0.3 is 0 Å². The largest absolute Gasteiger partial charge is 0.228 e. The molecule has 0 spiro atoms. The Labute approximate surface area is 318 Å². The zero-order valence-electron chi connectivity index (χ0n) is 30.0. The second-order valence-electron chi connectivity index (χ2n) is 14.9. The van der Waals surface area contributed by atoms with Gasteiger partial charge in [-0.25, -0.2) is 9.97 Å². The van der Waals surface area contributed by atoms with E-state index >= 15 is 0 Å². The van der Waals surface area contributed by atoms with Crippen molar-refractivity contribution in [2.24, 2.45) is 0 Å². The monoisotopic (exact) mass is 706 g/mol. The van der Waals surface area contributed by atoms with Crippen LogP contribution < -0.4 is 0 Å². The number of hydrogen-bond acceptors (Lipinski definition) is 3. The van der Waals surface area contributed by atoms with E-state index in [0.29, 0.717) is 0 Å². The van der Waals surface area contributed by atoms with E-state index in [1.807, 2.05) is 11.3 Å². The smallest absolute Gasteiger partial charge is 0.161 e. The average molecular weight is 707 g/mol. The van der Waals surface area contributed by atoms with Crippen molar-refractivity contribution in [3.05, 3.63) is 181 Å². The maximum Gasteiger partial charge on any atom is 0.161 e. The second kappa shape index (κ2) is 11.8. The van der Waals surface area contributed by atoms with Crippen LogP contribution in [-0.2, 0) is 5.41 Å². The van der Waals surface area contributed by atoms with Gasteiger partial charge in [-0.2, -0.15) is 0 Å². The Morgan fingerprint density at radius 3 is 1.91 bits per heavy atom. The molecule has 0 radical (unpaired) electrons. The van der Waals surface area contributed by atoms with Crippen LogP contribution in [0.1, 0.15) is 25.0 Å². The molecule has 0 bridgehead atoms. The van der Waals surface area contributed by atoms with Crippen molar-refractivity contribution in [1.82, 2.24) is 9.97 Å². The quantitative estimate of drug-likeness (QED) is 0.182. The van der Waals surface area contributed by atoms with E-state index in [9.17, 15) is 0 Å². The third kappa shape index (κ3) is 4.58. The van der Waals surface area contributed by atoms with Crippen molar-refractivity contribution in [2.75, 3.05) is 0 Å². The Hall–Kier alpha value is -6.42. The second-order valence-corrected chi connectivity index (χ2v) is 16.0. The molecule has 0 saturated heterocycles. The van der Waals surface area contributed by atoms with Gasteiger partial charge in [0.1, 0.15) is 0 Å². The Bertz CT molecular complexity index is 3130. The molecule has 10 aromatic rings. The summed E-state index contributed by atoms with van der Waals surface area (Å²) in [7, 11) is 0. The predicted molar refractivity (Wildman–Crippen MR) is 229 cm³/mol. The lowest BCUT2D eigenvalue weighted by Gasteiger charge is -2.22. The summed E-state index contributed by atoms with van der Waals surface area (Å²) < 4.78 is 2.54. The number of nitrogens with zero attached hydrogens (tertiary/aromatic N) is 2. The van der Waals surface area contributed by atoms with Gasteiger partial charge in [0, 0.05) is 42.3 Å². The summed E-state index contributed by atoms with van der Waals surface area (Å²) in [6, 6.07) is 61.6. The fourth-order valence-corrected chi connectivity index (χ4v) is 10.1. The van der Waals surface area contributed by atoms with Crippen molar-refractivity contribution < 1.29 is 0 Å². The Morgan fingerprint density at radius 2 is 1.06 bits per heavy atom. The standard InChI is InChI=1S/C51H34N2S/c1-51(2)41-23-12-21-37(49(41)48-33-17-7-6-14-31(33)26-29-42(48)51)36-27-28-38(35-19-9-8-18-34(35)36)50-52-43(32-15-4-3-5-16-32)30-44(53-50)39-22-13-25-46-47(39)40-20-10-11-24-45(40)54-46/h3-30H,1-2H3. The molecule has 54 heavy (non-hydrogen) atoms. The molecular weight excluding hydrogens is 673 g/mol. The SMILES string of the molecule is CC1(C)c2cccc(-c3ccc(-c4nc(-c5ccccc5)cc(-c5cccc6sc7ccccc7c56)n4)c4ccccc34)c2-c2c1ccc1ccccc21. The molecule has 2 heterocycles.